The molecule has 0 bridgehead atoms. The number of piperazine rings is 1. The number of nitro benzene ring substituents is 1. The number of hydrogen-bond donors (Lipinski definition) is 0. The Morgan fingerprint density at radius 1 is 1.25 bits per heavy atom. The van der Waals surface area contributed by atoms with Gasteiger partial charge in [0.05, 0.1) is 4.92 Å². The molecule has 0 aliphatic carbocycles. The van der Waals surface area contributed by atoms with Crippen molar-refractivity contribution in [3.63, 3.8) is 0 Å². The molecule has 3 rings (SSSR count). The number of nitrogens with zero attached hydrogens (tertiary/aromatic N) is 5. The second-order valence-electron chi connectivity index (χ2n) is 5.66. The van der Waals surface area contributed by atoms with Crippen LogP contribution in [0.15, 0.2) is 18.2 Å². The number of benzene rings is 1. The summed E-state index contributed by atoms with van der Waals surface area (Å²) in [6.45, 7) is 6.10. The lowest BCUT2D eigenvalue weighted by atomic mass is 10.1. The molecule has 2 aromatic rings. The summed E-state index contributed by atoms with van der Waals surface area (Å²) in [5.41, 5.74) is 1.07. The van der Waals surface area contributed by atoms with Crippen molar-refractivity contribution in [1.29, 1.82) is 0 Å². The third-order valence-corrected chi connectivity index (χ3v) is 4.88. The highest BCUT2D eigenvalue weighted by Crippen LogP contribution is 2.22. The maximum absolute atomic E-state index is 12.7. The molecule has 0 atom stereocenters. The second kappa shape index (κ2) is 6.52. The van der Waals surface area contributed by atoms with Gasteiger partial charge in [-0.15, -0.1) is 0 Å². The summed E-state index contributed by atoms with van der Waals surface area (Å²) in [7, 11) is 0. The summed E-state index contributed by atoms with van der Waals surface area (Å²) < 4.78 is 4.18. The monoisotopic (exact) mass is 347 g/mol. The van der Waals surface area contributed by atoms with Crippen LogP contribution in [0.3, 0.4) is 0 Å². The number of carbonyl (C=O) groups is 1. The molecule has 0 spiro atoms. The lowest BCUT2D eigenvalue weighted by Gasteiger charge is -2.34. The average molecular weight is 347 g/mol. The molecule has 0 radical (unpaired) electrons. The number of nitro groups is 1. The van der Waals surface area contributed by atoms with Gasteiger partial charge in [-0.2, -0.15) is 4.37 Å². The van der Waals surface area contributed by atoms with Crippen molar-refractivity contribution in [1.82, 2.24) is 14.3 Å². The van der Waals surface area contributed by atoms with Gasteiger partial charge in [-0.1, -0.05) is 6.07 Å². The van der Waals surface area contributed by atoms with E-state index in [0.717, 1.165) is 16.5 Å². The summed E-state index contributed by atoms with van der Waals surface area (Å²) in [4.78, 5) is 31.4. The van der Waals surface area contributed by atoms with Crippen molar-refractivity contribution < 1.29 is 9.72 Å². The Morgan fingerprint density at radius 2 is 1.96 bits per heavy atom. The standard InChI is InChI=1S/C15H17N5O3S/c1-10-3-4-12(20(22)23)9-13(10)14(21)18-5-7-19(8-6-18)15-16-11(2)17-24-15/h3-4,9H,5-8H2,1-2H3. The van der Waals surface area contributed by atoms with E-state index in [4.69, 9.17) is 0 Å². The van der Waals surface area contributed by atoms with Crippen molar-refractivity contribution in [2.75, 3.05) is 31.1 Å². The number of carbonyl (C=O) groups excluding carboxylic acids is 1. The summed E-state index contributed by atoms with van der Waals surface area (Å²) in [6, 6.07) is 4.39. The smallest absolute Gasteiger partial charge is 0.270 e. The quantitative estimate of drug-likeness (QED) is 0.623. The number of aromatic nitrogens is 2. The van der Waals surface area contributed by atoms with Crippen LogP contribution in [0.2, 0.25) is 0 Å². The summed E-state index contributed by atoms with van der Waals surface area (Å²) in [5, 5.41) is 11.8. The van der Waals surface area contributed by atoms with Crippen LogP contribution in [0.4, 0.5) is 10.8 Å². The molecule has 0 unspecified atom stereocenters. The van der Waals surface area contributed by atoms with Gasteiger partial charge < -0.3 is 9.80 Å². The Bertz CT molecular complexity index is 783. The van der Waals surface area contributed by atoms with Gasteiger partial charge in [0.15, 0.2) is 0 Å². The maximum atomic E-state index is 12.7. The Labute approximate surface area is 143 Å². The van der Waals surface area contributed by atoms with E-state index < -0.39 is 4.92 Å². The molecule has 9 heteroatoms. The first-order valence-corrected chi connectivity index (χ1v) is 8.32. The zero-order valence-corrected chi connectivity index (χ0v) is 14.2. The van der Waals surface area contributed by atoms with E-state index in [-0.39, 0.29) is 11.6 Å². The highest BCUT2D eigenvalue weighted by atomic mass is 32.1. The lowest BCUT2D eigenvalue weighted by Crippen LogP contribution is -2.49. The number of hydrogen-bond acceptors (Lipinski definition) is 7. The van der Waals surface area contributed by atoms with Gasteiger partial charge in [0.2, 0.25) is 5.13 Å². The molecular formula is C15H17N5O3S. The van der Waals surface area contributed by atoms with E-state index >= 15 is 0 Å². The van der Waals surface area contributed by atoms with Crippen molar-refractivity contribution >= 4 is 28.3 Å². The molecule has 0 saturated carbocycles. The summed E-state index contributed by atoms with van der Waals surface area (Å²) in [6.07, 6.45) is 0. The van der Waals surface area contributed by atoms with Crippen LogP contribution in [-0.4, -0.2) is 51.3 Å². The zero-order chi connectivity index (χ0) is 17.3. The van der Waals surface area contributed by atoms with Crippen molar-refractivity contribution in [2.24, 2.45) is 0 Å². The minimum atomic E-state index is -0.480. The minimum Gasteiger partial charge on any atom is -0.343 e. The fourth-order valence-electron chi connectivity index (χ4n) is 2.64. The predicted octanol–water partition coefficient (Wildman–Crippen LogP) is 2.03. The predicted molar refractivity (Wildman–Crippen MR) is 90.6 cm³/mol. The Balaban J connectivity index is 1.71. The topological polar surface area (TPSA) is 92.5 Å². The normalized spacial score (nSPS) is 14.8. The van der Waals surface area contributed by atoms with Crippen LogP contribution >= 0.6 is 11.5 Å². The molecule has 1 aromatic carbocycles. The molecule has 126 valence electrons. The number of non-ortho nitro benzene ring substituents is 1. The maximum Gasteiger partial charge on any atom is 0.270 e. The summed E-state index contributed by atoms with van der Waals surface area (Å²) >= 11 is 1.36. The van der Waals surface area contributed by atoms with E-state index in [2.05, 4.69) is 14.3 Å². The van der Waals surface area contributed by atoms with Crippen molar-refractivity contribution in [3.05, 3.63) is 45.3 Å². The fraction of sp³-hybridized carbons (Fsp3) is 0.400. The summed E-state index contributed by atoms with van der Waals surface area (Å²) in [5.74, 6) is 0.588. The van der Waals surface area contributed by atoms with Crippen LogP contribution in [0, 0.1) is 24.0 Å². The Hall–Kier alpha value is -2.55. The van der Waals surface area contributed by atoms with Gasteiger partial charge in [0.1, 0.15) is 5.82 Å². The lowest BCUT2D eigenvalue weighted by molar-refractivity contribution is -0.384. The molecular weight excluding hydrogens is 330 g/mol. The van der Waals surface area contributed by atoms with Crippen LogP contribution in [0.5, 0.6) is 0 Å². The van der Waals surface area contributed by atoms with Gasteiger partial charge in [-0.3, -0.25) is 14.9 Å². The number of aryl methyl sites for hydroxylation is 2. The highest BCUT2D eigenvalue weighted by molar-refractivity contribution is 7.09. The molecule has 24 heavy (non-hydrogen) atoms. The first-order valence-electron chi connectivity index (χ1n) is 7.55. The van der Waals surface area contributed by atoms with Gasteiger partial charge in [-0.25, -0.2) is 4.98 Å². The van der Waals surface area contributed by atoms with E-state index in [9.17, 15) is 14.9 Å². The molecule has 1 amide bonds. The molecule has 8 nitrogen and oxygen atoms in total. The average Bonchev–Trinajstić information content (AvgIpc) is 3.01. The molecule has 1 saturated heterocycles. The Morgan fingerprint density at radius 3 is 2.54 bits per heavy atom. The van der Waals surface area contributed by atoms with Gasteiger partial charge in [0, 0.05) is 55.4 Å². The zero-order valence-electron chi connectivity index (χ0n) is 13.4. The number of amides is 1. The van der Waals surface area contributed by atoms with Crippen molar-refractivity contribution in [2.45, 2.75) is 13.8 Å². The van der Waals surface area contributed by atoms with Crippen LogP contribution in [-0.2, 0) is 0 Å². The largest absolute Gasteiger partial charge is 0.343 e. The van der Waals surface area contributed by atoms with E-state index in [1.165, 1.54) is 23.7 Å². The Kier molecular flexibility index (Phi) is 4.43. The van der Waals surface area contributed by atoms with Crippen LogP contribution in [0.1, 0.15) is 21.7 Å². The van der Waals surface area contributed by atoms with Gasteiger partial charge >= 0.3 is 0 Å². The highest BCUT2D eigenvalue weighted by Gasteiger charge is 2.25. The molecule has 1 fully saturated rings. The van der Waals surface area contributed by atoms with E-state index in [1.54, 1.807) is 17.9 Å². The number of anilines is 1. The first kappa shape index (κ1) is 16.3. The number of rotatable bonds is 3. The van der Waals surface area contributed by atoms with Crippen LogP contribution < -0.4 is 4.90 Å². The first-order chi connectivity index (χ1) is 11.5. The fourth-order valence-corrected chi connectivity index (χ4v) is 3.37. The third-order valence-electron chi connectivity index (χ3n) is 4.02. The molecule has 0 N–H and O–H groups in total. The van der Waals surface area contributed by atoms with Crippen molar-refractivity contribution in [3.8, 4) is 0 Å². The van der Waals surface area contributed by atoms with E-state index in [0.29, 0.717) is 31.7 Å². The molecule has 1 aliphatic rings. The molecule has 2 heterocycles. The van der Waals surface area contributed by atoms with Crippen LogP contribution in [0.25, 0.3) is 0 Å². The van der Waals surface area contributed by atoms with E-state index in [1.807, 2.05) is 6.92 Å². The third kappa shape index (κ3) is 3.21. The molecule has 1 aromatic heterocycles. The minimum absolute atomic E-state index is 0.0630. The second-order valence-corrected chi connectivity index (χ2v) is 6.39. The van der Waals surface area contributed by atoms with Gasteiger partial charge in [-0.05, 0) is 19.4 Å². The SMILES string of the molecule is Cc1nsc(N2CCN(C(=O)c3cc([N+](=O)[O-])ccc3C)CC2)n1. The van der Waals surface area contributed by atoms with Gasteiger partial charge in [0.25, 0.3) is 11.6 Å². The molecule has 1 aliphatic heterocycles.